The van der Waals surface area contributed by atoms with Gasteiger partial charge in [-0.2, -0.15) is 0 Å². The van der Waals surface area contributed by atoms with Crippen LogP contribution in [0.1, 0.15) is 0 Å². The summed E-state index contributed by atoms with van der Waals surface area (Å²) in [6, 6.07) is 80.8. The molecule has 0 bridgehead atoms. The standard InChI is InChI=1S/C55H38N4/c1-4-16-42(17-5-1)51-25-12-13-26-52(51)59(50-35-31-41(32-36-50)47-28-27-39-15-10-11-22-45(39)37-47)49-33-29-40(30-34-49)46-23-14-24-48(38-46)55-57-53(43-18-6-2-7-19-43)56-54(58-55)44-20-8-3-9-21-44/h1-38H. The van der Waals surface area contributed by atoms with Crippen LogP contribution in [0.25, 0.3) is 78.3 Å². The average Bonchev–Trinajstić information content (AvgIpc) is 3.33. The van der Waals surface area contributed by atoms with Crippen LogP contribution in [0.15, 0.2) is 231 Å². The van der Waals surface area contributed by atoms with Crippen molar-refractivity contribution in [2.75, 3.05) is 4.90 Å². The summed E-state index contributed by atoms with van der Waals surface area (Å²) in [5.74, 6) is 1.92. The van der Waals surface area contributed by atoms with E-state index in [4.69, 9.17) is 15.0 Å². The van der Waals surface area contributed by atoms with Crippen LogP contribution in [0.3, 0.4) is 0 Å². The Morgan fingerprint density at radius 1 is 0.254 bits per heavy atom. The van der Waals surface area contributed by atoms with Crippen molar-refractivity contribution in [1.82, 2.24) is 15.0 Å². The highest BCUT2D eigenvalue weighted by molar-refractivity contribution is 5.90. The first-order valence-electron chi connectivity index (χ1n) is 19.9. The molecule has 9 aromatic carbocycles. The van der Waals surface area contributed by atoms with Crippen LogP contribution in [-0.4, -0.2) is 15.0 Å². The maximum atomic E-state index is 4.98. The largest absolute Gasteiger partial charge is 0.310 e. The van der Waals surface area contributed by atoms with Crippen molar-refractivity contribution in [3.05, 3.63) is 231 Å². The molecular weight excluding hydrogens is 717 g/mol. The van der Waals surface area contributed by atoms with Crippen molar-refractivity contribution in [2.45, 2.75) is 0 Å². The fourth-order valence-corrected chi connectivity index (χ4v) is 7.71. The molecule has 1 heterocycles. The summed E-state index contributed by atoms with van der Waals surface area (Å²) >= 11 is 0. The summed E-state index contributed by atoms with van der Waals surface area (Å²) in [5.41, 5.74) is 12.9. The third-order valence-corrected chi connectivity index (χ3v) is 10.7. The minimum Gasteiger partial charge on any atom is -0.310 e. The van der Waals surface area contributed by atoms with Gasteiger partial charge in [0.25, 0.3) is 0 Å². The van der Waals surface area contributed by atoms with Crippen molar-refractivity contribution in [2.24, 2.45) is 0 Å². The van der Waals surface area contributed by atoms with E-state index in [0.29, 0.717) is 17.5 Å². The molecule has 0 fully saturated rings. The fourth-order valence-electron chi connectivity index (χ4n) is 7.71. The number of anilines is 3. The zero-order valence-corrected chi connectivity index (χ0v) is 32.2. The van der Waals surface area contributed by atoms with Gasteiger partial charge < -0.3 is 4.90 Å². The van der Waals surface area contributed by atoms with Gasteiger partial charge in [0.2, 0.25) is 0 Å². The van der Waals surface area contributed by atoms with Crippen LogP contribution in [0.2, 0.25) is 0 Å². The van der Waals surface area contributed by atoms with E-state index in [0.717, 1.165) is 50.4 Å². The maximum Gasteiger partial charge on any atom is 0.164 e. The van der Waals surface area contributed by atoms with Crippen molar-refractivity contribution < 1.29 is 0 Å². The molecule has 0 aliphatic heterocycles. The molecule has 0 N–H and O–H groups in total. The van der Waals surface area contributed by atoms with E-state index in [1.54, 1.807) is 0 Å². The predicted octanol–water partition coefficient (Wildman–Crippen LogP) is 14.5. The third-order valence-electron chi connectivity index (χ3n) is 10.7. The molecule has 278 valence electrons. The fraction of sp³-hybridized carbons (Fsp3) is 0. The highest BCUT2D eigenvalue weighted by atomic mass is 15.1. The zero-order valence-electron chi connectivity index (χ0n) is 32.2. The highest BCUT2D eigenvalue weighted by Crippen LogP contribution is 2.42. The van der Waals surface area contributed by atoms with Gasteiger partial charge in [0.15, 0.2) is 17.5 Å². The van der Waals surface area contributed by atoms with Gasteiger partial charge in [0.1, 0.15) is 0 Å². The summed E-state index contributed by atoms with van der Waals surface area (Å²) in [7, 11) is 0. The number of para-hydroxylation sites is 1. The quantitative estimate of drug-likeness (QED) is 0.147. The number of hydrogen-bond acceptors (Lipinski definition) is 4. The second-order valence-electron chi connectivity index (χ2n) is 14.5. The van der Waals surface area contributed by atoms with Gasteiger partial charge in [-0.3, -0.25) is 0 Å². The van der Waals surface area contributed by atoms with E-state index in [2.05, 4.69) is 175 Å². The number of hydrogen-bond donors (Lipinski definition) is 0. The Morgan fingerprint density at radius 2 is 0.678 bits per heavy atom. The minimum absolute atomic E-state index is 0.631. The Kier molecular flexibility index (Phi) is 9.55. The van der Waals surface area contributed by atoms with Gasteiger partial charge in [0, 0.05) is 33.6 Å². The minimum atomic E-state index is 0.631. The Hall–Kier alpha value is -7.95. The van der Waals surface area contributed by atoms with Crippen LogP contribution in [0, 0.1) is 0 Å². The van der Waals surface area contributed by atoms with E-state index in [-0.39, 0.29) is 0 Å². The Bertz CT molecular complexity index is 2960. The van der Waals surface area contributed by atoms with Crippen molar-refractivity contribution >= 4 is 27.8 Å². The lowest BCUT2D eigenvalue weighted by Gasteiger charge is -2.28. The van der Waals surface area contributed by atoms with E-state index >= 15 is 0 Å². The molecule has 0 saturated carbocycles. The summed E-state index contributed by atoms with van der Waals surface area (Å²) in [4.78, 5) is 17.2. The summed E-state index contributed by atoms with van der Waals surface area (Å²) in [5, 5.41) is 2.48. The van der Waals surface area contributed by atoms with Gasteiger partial charge >= 0.3 is 0 Å². The molecule has 0 radical (unpaired) electrons. The normalized spacial score (nSPS) is 11.1. The maximum absolute atomic E-state index is 4.98. The molecule has 0 spiro atoms. The Morgan fingerprint density at radius 3 is 1.27 bits per heavy atom. The van der Waals surface area contributed by atoms with Gasteiger partial charge in [-0.25, -0.2) is 15.0 Å². The second-order valence-corrected chi connectivity index (χ2v) is 14.5. The van der Waals surface area contributed by atoms with Gasteiger partial charge in [0.05, 0.1) is 5.69 Å². The van der Waals surface area contributed by atoms with E-state index in [9.17, 15) is 0 Å². The number of rotatable bonds is 9. The van der Waals surface area contributed by atoms with Crippen LogP contribution in [0.4, 0.5) is 17.1 Å². The molecule has 59 heavy (non-hydrogen) atoms. The molecular formula is C55H38N4. The molecule has 0 amide bonds. The molecule has 10 aromatic rings. The van der Waals surface area contributed by atoms with Crippen molar-refractivity contribution in [3.63, 3.8) is 0 Å². The van der Waals surface area contributed by atoms with Gasteiger partial charge in [-0.1, -0.05) is 188 Å². The first kappa shape index (κ1) is 35.5. The van der Waals surface area contributed by atoms with Crippen molar-refractivity contribution in [1.29, 1.82) is 0 Å². The lowest BCUT2D eigenvalue weighted by molar-refractivity contribution is 1.07. The molecule has 0 aliphatic rings. The van der Waals surface area contributed by atoms with Crippen LogP contribution in [0.5, 0.6) is 0 Å². The van der Waals surface area contributed by atoms with Gasteiger partial charge in [-0.15, -0.1) is 0 Å². The summed E-state index contributed by atoms with van der Waals surface area (Å²) < 4.78 is 0. The number of nitrogens with zero attached hydrogens (tertiary/aromatic N) is 4. The van der Waals surface area contributed by atoms with E-state index < -0.39 is 0 Å². The Balaban J connectivity index is 1.03. The van der Waals surface area contributed by atoms with Crippen LogP contribution >= 0.6 is 0 Å². The molecule has 1 aromatic heterocycles. The lowest BCUT2D eigenvalue weighted by Crippen LogP contribution is -2.11. The first-order chi connectivity index (χ1) is 29.2. The molecule has 0 aliphatic carbocycles. The molecule has 4 heteroatoms. The third kappa shape index (κ3) is 7.39. The molecule has 0 atom stereocenters. The molecule has 10 rings (SSSR count). The topological polar surface area (TPSA) is 41.9 Å². The molecule has 0 saturated heterocycles. The second kappa shape index (κ2) is 15.9. The average molecular weight is 755 g/mol. The number of fused-ring (bicyclic) bond motifs is 1. The highest BCUT2D eigenvalue weighted by Gasteiger charge is 2.18. The predicted molar refractivity (Wildman–Crippen MR) is 245 cm³/mol. The van der Waals surface area contributed by atoms with Gasteiger partial charge in [-0.05, 0) is 81.1 Å². The van der Waals surface area contributed by atoms with E-state index in [1.807, 2.05) is 60.7 Å². The monoisotopic (exact) mass is 754 g/mol. The Labute approximate surface area is 344 Å². The zero-order chi connectivity index (χ0) is 39.4. The van der Waals surface area contributed by atoms with Crippen molar-refractivity contribution in [3.8, 4) is 67.5 Å². The smallest absolute Gasteiger partial charge is 0.164 e. The number of aromatic nitrogens is 3. The van der Waals surface area contributed by atoms with E-state index in [1.165, 1.54) is 27.5 Å². The number of benzene rings is 9. The summed E-state index contributed by atoms with van der Waals surface area (Å²) in [6.45, 7) is 0. The van der Waals surface area contributed by atoms with Crippen LogP contribution < -0.4 is 4.90 Å². The molecule has 0 unspecified atom stereocenters. The summed E-state index contributed by atoms with van der Waals surface area (Å²) in [6.07, 6.45) is 0. The molecule has 4 nitrogen and oxygen atoms in total. The van der Waals surface area contributed by atoms with Crippen LogP contribution in [-0.2, 0) is 0 Å². The lowest BCUT2D eigenvalue weighted by atomic mass is 9.99. The first-order valence-corrected chi connectivity index (χ1v) is 19.9. The SMILES string of the molecule is c1ccc(-c2nc(-c3ccccc3)nc(-c3cccc(-c4ccc(N(c5ccc(-c6ccc7ccccc7c6)cc5)c5ccccc5-c5ccccc5)cc4)c3)n2)cc1.